The van der Waals surface area contributed by atoms with Crippen molar-refractivity contribution in [3.05, 3.63) is 39.4 Å². The van der Waals surface area contributed by atoms with Crippen molar-refractivity contribution in [3.8, 4) is 0 Å². The fourth-order valence-corrected chi connectivity index (χ4v) is 2.23. The van der Waals surface area contributed by atoms with E-state index in [1.807, 2.05) is 0 Å². The number of benzene rings is 1. The first-order valence-corrected chi connectivity index (χ1v) is 6.93. The molecule has 1 aromatic rings. The minimum absolute atomic E-state index is 0.00166. The van der Waals surface area contributed by atoms with Crippen LogP contribution < -0.4 is 0 Å². The van der Waals surface area contributed by atoms with E-state index < -0.39 is 45.8 Å². The lowest BCUT2D eigenvalue weighted by Crippen LogP contribution is -2.44. The molecular formula is C14H15F3N2O5. The molecule has 1 amide bonds. The molecule has 0 bridgehead atoms. The van der Waals surface area contributed by atoms with E-state index in [0.29, 0.717) is 18.2 Å². The molecular weight excluding hydrogens is 333 g/mol. The number of carbonyl (C=O) groups excluding carboxylic acids is 1. The fourth-order valence-electron chi connectivity index (χ4n) is 2.23. The summed E-state index contributed by atoms with van der Waals surface area (Å²) in [7, 11) is 0. The molecule has 0 aliphatic carbocycles. The van der Waals surface area contributed by atoms with Gasteiger partial charge in [-0.15, -0.1) is 0 Å². The summed E-state index contributed by atoms with van der Waals surface area (Å²) < 4.78 is 38.4. The standard InChI is InChI=1S/C14H15F3N2O5/c1-3-10(13(21)22)18(4-2)12(20)9-7-8(14(15,16)17)5-6-11(9)19(23)24/h5-7,10H,3-4H2,1-2H3,(H,21,22). The van der Waals surface area contributed by atoms with E-state index in [-0.39, 0.29) is 13.0 Å². The van der Waals surface area contributed by atoms with Gasteiger partial charge in [-0.2, -0.15) is 13.2 Å². The van der Waals surface area contributed by atoms with Gasteiger partial charge in [0.05, 0.1) is 10.5 Å². The summed E-state index contributed by atoms with van der Waals surface area (Å²) in [5.74, 6) is -2.48. The Labute approximate surface area is 134 Å². The number of nitro groups is 1. The van der Waals surface area contributed by atoms with Gasteiger partial charge in [-0.05, 0) is 25.5 Å². The highest BCUT2D eigenvalue weighted by atomic mass is 19.4. The average Bonchev–Trinajstić information content (AvgIpc) is 2.49. The van der Waals surface area contributed by atoms with Gasteiger partial charge in [-0.1, -0.05) is 6.92 Å². The first kappa shape index (κ1) is 19.4. The number of rotatable bonds is 6. The summed E-state index contributed by atoms with van der Waals surface area (Å²) in [5, 5.41) is 20.1. The summed E-state index contributed by atoms with van der Waals surface area (Å²) in [4.78, 5) is 34.5. The summed E-state index contributed by atoms with van der Waals surface area (Å²) in [6, 6.07) is 0.167. The van der Waals surface area contributed by atoms with Crippen molar-refractivity contribution >= 4 is 17.6 Å². The van der Waals surface area contributed by atoms with Gasteiger partial charge in [-0.25, -0.2) is 4.79 Å². The third kappa shape index (κ3) is 4.00. The second-order valence-electron chi connectivity index (χ2n) is 4.84. The number of amides is 1. The Kier molecular flexibility index (Phi) is 5.88. The number of nitro benzene ring substituents is 1. The molecule has 0 spiro atoms. The van der Waals surface area contributed by atoms with Gasteiger partial charge in [0.15, 0.2) is 0 Å². The number of likely N-dealkylation sites (N-methyl/N-ethyl adjacent to an activating group) is 1. The quantitative estimate of drug-likeness (QED) is 0.629. The molecule has 1 unspecified atom stereocenters. The van der Waals surface area contributed by atoms with Gasteiger partial charge < -0.3 is 10.0 Å². The minimum Gasteiger partial charge on any atom is -0.480 e. The van der Waals surface area contributed by atoms with Crippen molar-refractivity contribution in [2.45, 2.75) is 32.5 Å². The molecule has 0 radical (unpaired) electrons. The molecule has 0 aliphatic rings. The monoisotopic (exact) mass is 348 g/mol. The van der Waals surface area contributed by atoms with Crippen LogP contribution in [0.4, 0.5) is 18.9 Å². The van der Waals surface area contributed by atoms with Crippen molar-refractivity contribution < 1.29 is 32.8 Å². The molecule has 0 aliphatic heterocycles. The maximum absolute atomic E-state index is 12.8. The maximum Gasteiger partial charge on any atom is 0.416 e. The summed E-state index contributed by atoms with van der Waals surface area (Å²) in [6.07, 6.45) is -4.79. The molecule has 0 heterocycles. The molecule has 10 heteroatoms. The van der Waals surface area contributed by atoms with Gasteiger partial charge >= 0.3 is 12.1 Å². The van der Waals surface area contributed by atoms with Gasteiger partial charge in [-0.3, -0.25) is 14.9 Å². The highest BCUT2D eigenvalue weighted by Crippen LogP contribution is 2.33. The van der Waals surface area contributed by atoms with Crippen LogP contribution in [0, 0.1) is 10.1 Å². The number of hydrogen-bond donors (Lipinski definition) is 1. The van der Waals surface area contributed by atoms with E-state index in [4.69, 9.17) is 5.11 Å². The molecule has 24 heavy (non-hydrogen) atoms. The molecule has 0 fully saturated rings. The third-order valence-corrected chi connectivity index (χ3v) is 3.40. The lowest BCUT2D eigenvalue weighted by atomic mass is 10.0. The second-order valence-corrected chi connectivity index (χ2v) is 4.84. The van der Waals surface area contributed by atoms with Crippen molar-refractivity contribution in [1.29, 1.82) is 0 Å². The molecule has 1 atom stereocenters. The SMILES string of the molecule is CCC(C(=O)O)N(CC)C(=O)c1cc(C(F)(F)F)ccc1[N+](=O)[O-]. The van der Waals surface area contributed by atoms with E-state index >= 15 is 0 Å². The summed E-state index contributed by atoms with van der Waals surface area (Å²) >= 11 is 0. The lowest BCUT2D eigenvalue weighted by Gasteiger charge is -2.27. The zero-order valence-electron chi connectivity index (χ0n) is 12.8. The van der Waals surface area contributed by atoms with E-state index in [1.165, 1.54) is 13.8 Å². The highest BCUT2D eigenvalue weighted by molar-refractivity contribution is 6.00. The van der Waals surface area contributed by atoms with Crippen LogP contribution in [0.25, 0.3) is 0 Å². The van der Waals surface area contributed by atoms with Crippen LogP contribution in [0.1, 0.15) is 36.2 Å². The highest BCUT2D eigenvalue weighted by Gasteiger charge is 2.36. The first-order chi connectivity index (χ1) is 11.0. The van der Waals surface area contributed by atoms with Crippen LogP contribution in [0.15, 0.2) is 18.2 Å². The smallest absolute Gasteiger partial charge is 0.416 e. The molecule has 1 aromatic carbocycles. The average molecular weight is 348 g/mol. The zero-order valence-corrected chi connectivity index (χ0v) is 12.8. The fraction of sp³-hybridized carbons (Fsp3) is 0.429. The van der Waals surface area contributed by atoms with E-state index in [1.54, 1.807) is 0 Å². The van der Waals surface area contributed by atoms with Crippen molar-refractivity contribution in [1.82, 2.24) is 4.90 Å². The Morgan fingerprint density at radius 3 is 2.29 bits per heavy atom. The predicted octanol–water partition coefficient (Wildman–Crippen LogP) is 2.94. The molecule has 7 nitrogen and oxygen atoms in total. The van der Waals surface area contributed by atoms with Gasteiger partial charge in [0.25, 0.3) is 11.6 Å². The number of nitrogens with zero attached hydrogens (tertiary/aromatic N) is 2. The van der Waals surface area contributed by atoms with Crippen LogP contribution >= 0.6 is 0 Å². The number of carboxylic acid groups (broad SMARTS) is 1. The van der Waals surface area contributed by atoms with Crippen LogP contribution in [-0.4, -0.2) is 39.4 Å². The second kappa shape index (κ2) is 7.28. The third-order valence-electron chi connectivity index (χ3n) is 3.40. The summed E-state index contributed by atoms with van der Waals surface area (Å²) in [5.41, 5.74) is -2.83. The number of carbonyl (C=O) groups is 2. The summed E-state index contributed by atoms with van der Waals surface area (Å²) in [6.45, 7) is 2.79. The molecule has 0 saturated carbocycles. The molecule has 0 saturated heterocycles. The molecule has 132 valence electrons. The van der Waals surface area contributed by atoms with Crippen molar-refractivity contribution in [2.75, 3.05) is 6.54 Å². The zero-order chi connectivity index (χ0) is 18.7. The first-order valence-electron chi connectivity index (χ1n) is 6.93. The normalized spacial score (nSPS) is 12.5. The van der Waals surface area contributed by atoms with Crippen LogP contribution in [-0.2, 0) is 11.0 Å². The van der Waals surface area contributed by atoms with Crippen molar-refractivity contribution in [2.24, 2.45) is 0 Å². The Morgan fingerprint density at radius 1 is 1.33 bits per heavy atom. The Morgan fingerprint density at radius 2 is 1.92 bits per heavy atom. The van der Waals surface area contributed by atoms with E-state index in [9.17, 15) is 32.9 Å². The number of hydrogen-bond acceptors (Lipinski definition) is 4. The molecule has 1 N–H and O–H groups in total. The lowest BCUT2D eigenvalue weighted by molar-refractivity contribution is -0.385. The number of aliphatic carboxylic acids is 1. The van der Waals surface area contributed by atoms with E-state index in [0.717, 1.165) is 4.90 Å². The Hall–Kier alpha value is -2.65. The Balaban J connectivity index is 3.47. The number of halogens is 3. The maximum atomic E-state index is 12.8. The topological polar surface area (TPSA) is 101 Å². The molecule has 0 aromatic heterocycles. The van der Waals surface area contributed by atoms with Crippen LogP contribution in [0.2, 0.25) is 0 Å². The van der Waals surface area contributed by atoms with E-state index in [2.05, 4.69) is 0 Å². The largest absolute Gasteiger partial charge is 0.480 e. The molecule has 1 rings (SSSR count). The van der Waals surface area contributed by atoms with Crippen LogP contribution in [0.5, 0.6) is 0 Å². The number of alkyl halides is 3. The van der Waals surface area contributed by atoms with Gasteiger partial charge in [0.2, 0.25) is 0 Å². The predicted molar refractivity (Wildman–Crippen MR) is 76.5 cm³/mol. The van der Waals surface area contributed by atoms with Gasteiger partial charge in [0, 0.05) is 12.6 Å². The van der Waals surface area contributed by atoms with Crippen LogP contribution in [0.3, 0.4) is 0 Å². The number of carboxylic acids is 1. The minimum atomic E-state index is -4.79. The van der Waals surface area contributed by atoms with Gasteiger partial charge in [0.1, 0.15) is 11.6 Å². The Bertz CT molecular complexity index is 660. The van der Waals surface area contributed by atoms with Crippen molar-refractivity contribution in [3.63, 3.8) is 0 Å².